The predicted molar refractivity (Wildman–Crippen MR) is 126 cm³/mol. The minimum absolute atomic E-state index is 0.0192. The Morgan fingerprint density at radius 2 is 1.67 bits per heavy atom. The number of ether oxygens (including phenoxy) is 1. The SMILES string of the molecule is COc1cc(C(=O)O)ccc1NS(=O)(=O)c1ccc(-c2cccc(-c3ccc(F)cc3)c2)s1. The Hall–Kier alpha value is -3.69. The van der Waals surface area contributed by atoms with Crippen LogP contribution in [0.3, 0.4) is 0 Å². The van der Waals surface area contributed by atoms with Gasteiger partial charge in [-0.05, 0) is 65.2 Å². The molecular weight excluding hydrogens is 465 g/mol. The van der Waals surface area contributed by atoms with Crippen LogP contribution >= 0.6 is 11.3 Å². The molecule has 6 nitrogen and oxygen atoms in total. The van der Waals surface area contributed by atoms with Gasteiger partial charge in [-0.1, -0.05) is 30.3 Å². The van der Waals surface area contributed by atoms with Crippen LogP contribution in [0.25, 0.3) is 21.6 Å². The van der Waals surface area contributed by atoms with Crippen molar-refractivity contribution in [1.82, 2.24) is 0 Å². The molecule has 0 aliphatic carbocycles. The molecule has 0 saturated heterocycles. The van der Waals surface area contributed by atoms with E-state index in [0.29, 0.717) is 0 Å². The summed E-state index contributed by atoms with van der Waals surface area (Å²) in [7, 11) is -2.60. The second kappa shape index (κ2) is 9.05. The highest BCUT2D eigenvalue weighted by atomic mass is 32.2. The highest BCUT2D eigenvalue weighted by Gasteiger charge is 2.20. The zero-order valence-electron chi connectivity index (χ0n) is 17.3. The summed E-state index contributed by atoms with van der Waals surface area (Å²) in [5, 5.41) is 9.11. The van der Waals surface area contributed by atoms with Gasteiger partial charge in [-0.3, -0.25) is 4.72 Å². The van der Waals surface area contributed by atoms with Crippen molar-refractivity contribution in [3.8, 4) is 27.3 Å². The van der Waals surface area contributed by atoms with E-state index in [4.69, 9.17) is 9.84 Å². The highest BCUT2D eigenvalue weighted by Crippen LogP contribution is 2.35. The lowest BCUT2D eigenvalue weighted by atomic mass is 10.0. The van der Waals surface area contributed by atoms with Crippen molar-refractivity contribution in [2.24, 2.45) is 0 Å². The number of carboxylic acids is 1. The molecule has 4 aromatic rings. The lowest BCUT2D eigenvalue weighted by Crippen LogP contribution is -2.12. The first-order valence-electron chi connectivity index (χ1n) is 9.67. The fourth-order valence-electron chi connectivity index (χ4n) is 3.22. The van der Waals surface area contributed by atoms with Gasteiger partial charge in [0.15, 0.2) is 0 Å². The van der Waals surface area contributed by atoms with Gasteiger partial charge in [-0.2, -0.15) is 0 Å². The first-order chi connectivity index (χ1) is 15.8. The van der Waals surface area contributed by atoms with Crippen LogP contribution in [0.2, 0.25) is 0 Å². The molecular formula is C24H18FNO5S2. The Bertz CT molecular complexity index is 1430. The fourth-order valence-corrected chi connectivity index (χ4v) is 5.59. The average molecular weight is 484 g/mol. The second-order valence-corrected chi connectivity index (χ2v) is 10.0. The molecule has 0 unspecified atom stereocenters. The maximum atomic E-state index is 13.2. The summed E-state index contributed by atoms with van der Waals surface area (Å²) in [4.78, 5) is 11.9. The summed E-state index contributed by atoms with van der Waals surface area (Å²) in [6.07, 6.45) is 0. The average Bonchev–Trinajstić information content (AvgIpc) is 3.31. The minimum atomic E-state index is -3.93. The van der Waals surface area contributed by atoms with E-state index in [0.717, 1.165) is 32.9 Å². The lowest BCUT2D eigenvalue weighted by molar-refractivity contribution is 0.0696. The topological polar surface area (TPSA) is 92.7 Å². The quantitative estimate of drug-likeness (QED) is 0.350. The number of carboxylic acid groups (broad SMARTS) is 1. The maximum absolute atomic E-state index is 13.2. The van der Waals surface area contributed by atoms with E-state index in [1.165, 1.54) is 43.5 Å². The number of rotatable bonds is 7. The fraction of sp³-hybridized carbons (Fsp3) is 0.0417. The number of anilines is 1. The number of hydrogen-bond donors (Lipinski definition) is 2. The van der Waals surface area contributed by atoms with Gasteiger partial charge < -0.3 is 9.84 Å². The molecule has 0 spiro atoms. The molecule has 9 heteroatoms. The third-order valence-corrected chi connectivity index (χ3v) is 7.86. The van der Waals surface area contributed by atoms with Gasteiger partial charge >= 0.3 is 5.97 Å². The van der Waals surface area contributed by atoms with Crippen LogP contribution in [0.15, 0.2) is 83.1 Å². The van der Waals surface area contributed by atoms with Crippen LogP contribution in [0, 0.1) is 5.82 Å². The summed E-state index contributed by atoms with van der Waals surface area (Å²) in [6.45, 7) is 0. The molecule has 0 aliphatic heterocycles. The van der Waals surface area contributed by atoms with Crippen molar-refractivity contribution in [3.63, 3.8) is 0 Å². The van der Waals surface area contributed by atoms with Gasteiger partial charge in [0, 0.05) is 4.88 Å². The number of sulfonamides is 1. The van der Waals surface area contributed by atoms with Gasteiger partial charge in [-0.25, -0.2) is 17.6 Å². The normalized spacial score (nSPS) is 11.2. The van der Waals surface area contributed by atoms with E-state index >= 15 is 0 Å². The number of hydrogen-bond acceptors (Lipinski definition) is 5. The zero-order chi connectivity index (χ0) is 23.6. The van der Waals surface area contributed by atoms with E-state index in [-0.39, 0.29) is 27.0 Å². The van der Waals surface area contributed by atoms with Crippen LogP contribution in [-0.2, 0) is 10.0 Å². The van der Waals surface area contributed by atoms with E-state index in [9.17, 15) is 17.6 Å². The van der Waals surface area contributed by atoms with Gasteiger partial charge in [0.25, 0.3) is 10.0 Å². The van der Waals surface area contributed by atoms with Crippen molar-refractivity contribution < 1.29 is 27.4 Å². The molecule has 0 radical (unpaired) electrons. The number of aromatic carboxylic acids is 1. The van der Waals surface area contributed by atoms with Crippen molar-refractivity contribution in [3.05, 3.63) is 90.2 Å². The third kappa shape index (κ3) is 4.89. The van der Waals surface area contributed by atoms with E-state index in [2.05, 4.69) is 4.72 Å². The van der Waals surface area contributed by atoms with E-state index in [1.54, 1.807) is 18.2 Å². The summed E-state index contributed by atoms with van der Waals surface area (Å²) in [6, 6.07) is 20.8. The zero-order valence-corrected chi connectivity index (χ0v) is 18.9. The van der Waals surface area contributed by atoms with Crippen molar-refractivity contribution >= 4 is 33.0 Å². The number of nitrogens with one attached hydrogen (secondary N) is 1. The summed E-state index contributed by atoms with van der Waals surface area (Å²) >= 11 is 1.09. The standard InChI is InChI=1S/C24H18FNO5S2/c1-31-21-14-18(24(27)28)7-10-20(21)26-33(29,30)23-12-11-22(32-23)17-4-2-3-16(13-17)15-5-8-19(25)9-6-15/h2-14,26H,1H3,(H,27,28). The Kier molecular flexibility index (Phi) is 6.17. The van der Waals surface area contributed by atoms with Crippen molar-refractivity contribution in [2.45, 2.75) is 4.21 Å². The summed E-state index contributed by atoms with van der Waals surface area (Å²) in [5.74, 6) is -1.36. The largest absolute Gasteiger partial charge is 0.495 e. The van der Waals surface area contributed by atoms with Gasteiger partial charge in [-0.15, -0.1) is 11.3 Å². The van der Waals surface area contributed by atoms with Crippen LogP contribution in [-0.4, -0.2) is 26.6 Å². The summed E-state index contributed by atoms with van der Waals surface area (Å²) in [5.41, 5.74) is 2.67. The monoisotopic (exact) mass is 483 g/mol. The van der Waals surface area contributed by atoms with Crippen molar-refractivity contribution in [1.29, 1.82) is 0 Å². The minimum Gasteiger partial charge on any atom is -0.495 e. The molecule has 0 saturated carbocycles. The molecule has 0 amide bonds. The number of thiophene rings is 1. The van der Waals surface area contributed by atoms with Gasteiger partial charge in [0.1, 0.15) is 15.8 Å². The maximum Gasteiger partial charge on any atom is 0.335 e. The smallest absolute Gasteiger partial charge is 0.335 e. The number of halogens is 1. The van der Waals surface area contributed by atoms with Crippen LogP contribution < -0.4 is 9.46 Å². The lowest BCUT2D eigenvalue weighted by Gasteiger charge is -2.11. The molecule has 1 heterocycles. The van der Waals surface area contributed by atoms with Crippen LogP contribution in [0.5, 0.6) is 5.75 Å². The van der Waals surface area contributed by atoms with E-state index in [1.807, 2.05) is 24.3 Å². The molecule has 0 aliphatic rings. The first-order valence-corrected chi connectivity index (χ1v) is 12.0. The van der Waals surface area contributed by atoms with Crippen LogP contribution in [0.1, 0.15) is 10.4 Å². The molecule has 2 N–H and O–H groups in total. The molecule has 4 rings (SSSR count). The Morgan fingerprint density at radius 1 is 0.939 bits per heavy atom. The Morgan fingerprint density at radius 3 is 2.36 bits per heavy atom. The Balaban J connectivity index is 1.61. The van der Waals surface area contributed by atoms with Crippen LogP contribution in [0.4, 0.5) is 10.1 Å². The molecule has 0 fully saturated rings. The molecule has 3 aromatic carbocycles. The third-order valence-electron chi connectivity index (χ3n) is 4.86. The predicted octanol–water partition coefficient (Wildman–Crippen LogP) is 5.73. The first kappa shape index (κ1) is 22.5. The van der Waals surface area contributed by atoms with Crippen molar-refractivity contribution in [2.75, 3.05) is 11.8 Å². The number of benzene rings is 3. The Labute approximate surface area is 194 Å². The molecule has 33 heavy (non-hydrogen) atoms. The van der Waals surface area contributed by atoms with Gasteiger partial charge in [0.2, 0.25) is 0 Å². The molecule has 168 valence electrons. The second-order valence-electron chi connectivity index (χ2n) is 7.03. The molecule has 0 atom stereocenters. The number of carbonyl (C=O) groups is 1. The summed E-state index contributed by atoms with van der Waals surface area (Å²) < 4.78 is 46.8. The molecule has 0 bridgehead atoms. The highest BCUT2D eigenvalue weighted by molar-refractivity contribution is 7.94. The van der Waals surface area contributed by atoms with Gasteiger partial charge in [0.05, 0.1) is 18.4 Å². The number of methoxy groups -OCH3 is 1. The molecule has 1 aromatic heterocycles. The van der Waals surface area contributed by atoms with E-state index < -0.39 is 16.0 Å².